The fourth-order valence-electron chi connectivity index (χ4n) is 4.34. The first-order chi connectivity index (χ1) is 16.9. The van der Waals surface area contributed by atoms with Crippen LogP contribution in [0.3, 0.4) is 0 Å². The third-order valence-corrected chi connectivity index (χ3v) is 7.09. The van der Waals surface area contributed by atoms with Crippen molar-refractivity contribution in [2.45, 2.75) is 20.0 Å². The molecule has 8 heteroatoms. The summed E-state index contributed by atoms with van der Waals surface area (Å²) in [5.74, 6) is 0.300. The van der Waals surface area contributed by atoms with Gasteiger partial charge in [-0.05, 0) is 42.6 Å². The van der Waals surface area contributed by atoms with E-state index < -0.39 is 5.82 Å². The number of halogens is 1. The van der Waals surface area contributed by atoms with Crippen LogP contribution in [0, 0.1) is 5.82 Å². The number of thiophene rings is 1. The number of hydrogen-bond acceptors (Lipinski definition) is 6. The summed E-state index contributed by atoms with van der Waals surface area (Å²) in [5, 5.41) is 2.04. The van der Waals surface area contributed by atoms with E-state index in [-0.39, 0.29) is 18.2 Å². The van der Waals surface area contributed by atoms with E-state index >= 15 is 0 Å². The molecule has 0 unspecified atom stereocenters. The molecule has 1 saturated heterocycles. The van der Waals surface area contributed by atoms with Gasteiger partial charge >= 0.3 is 0 Å². The molecule has 1 aliphatic rings. The topological polar surface area (TPSA) is 53.1 Å². The number of ether oxygens (including phenoxy) is 1. The predicted molar refractivity (Wildman–Crippen MR) is 137 cm³/mol. The van der Waals surface area contributed by atoms with Crippen LogP contribution in [0.15, 0.2) is 60.0 Å². The van der Waals surface area contributed by atoms with Crippen molar-refractivity contribution in [2.75, 3.05) is 44.7 Å². The number of nitrogens with zero attached hydrogens (tertiary/aromatic N) is 3. The van der Waals surface area contributed by atoms with Gasteiger partial charge in [0.1, 0.15) is 11.6 Å². The molecule has 0 N–H and O–H groups in total. The van der Waals surface area contributed by atoms with Crippen LogP contribution in [-0.2, 0) is 17.9 Å². The molecule has 2 aromatic carbocycles. The molecule has 4 rings (SSSR count). The van der Waals surface area contributed by atoms with Gasteiger partial charge in [-0.25, -0.2) is 4.39 Å². The number of methoxy groups -OCH3 is 1. The van der Waals surface area contributed by atoms with Gasteiger partial charge in [-0.2, -0.15) is 0 Å². The van der Waals surface area contributed by atoms with Crippen LogP contribution in [0.5, 0.6) is 5.75 Å². The first-order valence-electron chi connectivity index (χ1n) is 11.6. The molecule has 0 spiro atoms. The Hall–Kier alpha value is -3.23. The molecule has 1 aliphatic heterocycles. The van der Waals surface area contributed by atoms with Gasteiger partial charge in [-0.1, -0.05) is 24.3 Å². The summed E-state index contributed by atoms with van der Waals surface area (Å²) < 4.78 is 20.1. The molecule has 0 radical (unpaired) electrons. The second-order valence-corrected chi connectivity index (χ2v) is 9.66. The van der Waals surface area contributed by atoms with Crippen molar-refractivity contribution in [1.82, 2.24) is 9.80 Å². The number of carbonyl (C=O) groups is 2. The molecule has 1 aromatic heterocycles. The molecule has 0 saturated carbocycles. The molecular weight excluding hydrogens is 465 g/mol. The fraction of sp³-hybridized carbons (Fsp3) is 0.333. The molecule has 3 aromatic rings. The van der Waals surface area contributed by atoms with Crippen molar-refractivity contribution < 1.29 is 18.7 Å². The van der Waals surface area contributed by atoms with Crippen LogP contribution in [0.1, 0.15) is 27.7 Å². The Morgan fingerprint density at radius 3 is 2.46 bits per heavy atom. The normalized spacial score (nSPS) is 13.8. The third kappa shape index (κ3) is 6.26. The van der Waals surface area contributed by atoms with Crippen molar-refractivity contribution >= 4 is 28.7 Å². The summed E-state index contributed by atoms with van der Waals surface area (Å²) in [7, 11) is 1.66. The van der Waals surface area contributed by atoms with Gasteiger partial charge in [-0.3, -0.25) is 14.5 Å². The predicted octanol–water partition coefficient (Wildman–Crippen LogP) is 4.45. The standard InChI is InChI=1S/C27H30FN3O3S/c1-20(32)21-9-10-25(24(28)16-21)30-11-13-31(14-12-30)27(33)19-29(18-23-7-5-15-35-23)17-22-6-3-4-8-26(22)34-2/h3-10,15-16H,11-14,17-19H2,1-2H3. The SMILES string of the molecule is COc1ccccc1CN(CC(=O)N1CCN(c2ccc(C(C)=O)cc2F)CC1)Cc1cccs1. The van der Waals surface area contributed by atoms with Crippen LogP contribution >= 0.6 is 11.3 Å². The van der Waals surface area contributed by atoms with Crippen molar-refractivity contribution in [3.8, 4) is 5.75 Å². The van der Waals surface area contributed by atoms with E-state index in [1.807, 2.05) is 45.5 Å². The number of anilines is 1. The van der Waals surface area contributed by atoms with Crippen LogP contribution in [0.2, 0.25) is 0 Å². The van der Waals surface area contributed by atoms with E-state index in [2.05, 4.69) is 11.0 Å². The summed E-state index contributed by atoms with van der Waals surface area (Å²) >= 11 is 1.68. The van der Waals surface area contributed by atoms with Gasteiger partial charge in [-0.15, -0.1) is 11.3 Å². The van der Waals surface area contributed by atoms with Gasteiger partial charge in [0, 0.05) is 55.3 Å². The number of benzene rings is 2. The Morgan fingerprint density at radius 1 is 1.03 bits per heavy atom. The molecule has 6 nitrogen and oxygen atoms in total. The van der Waals surface area contributed by atoms with Crippen molar-refractivity contribution in [2.24, 2.45) is 0 Å². The average Bonchev–Trinajstić information content (AvgIpc) is 3.37. The van der Waals surface area contributed by atoms with Gasteiger partial charge in [0.2, 0.25) is 5.91 Å². The molecule has 184 valence electrons. The number of ketones is 1. The zero-order valence-corrected chi connectivity index (χ0v) is 20.9. The van der Waals surface area contributed by atoms with Crippen LogP contribution in [0.25, 0.3) is 0 Å². The van der Waals surface area contributed by atoms with E-state index in [1.165, 1.54) is 17.9 Å². The highest BCUT2D eigenvalue weighted by Gasteiger charge is 2.25. The lowest BCUT2D eigenvalue weighted by Crippen LogP contribution is -2.51. The Kier molecular flexibility index (Phi) is 8.15. The molecule has 0 bridgehead atoms. The van der Waals surface area contributed by atoms with Gasteiger partial charge in [0.05, 0.1) is 19.3 Å². The lowest BCUT2D eigenvalue weighted by molar-refractivity contribution is -0.133. The fourth-order valence-corrected chi connectivity index (χ4v) is 5.08. The molecule has 0 aliphatic carbocycles. The highest BCUT2D eigenvalue weighted by molar-refractivity contribution is 7.09. The van der Waals surface area contributed by atoms with Crippen LogP contribution < -0.4 is 9.64 Å². The van der Waals surface area contributed by atoms with E-state index in [4.69, 9.17) is 4.74 Å². The maximum absolute atomic E-state index is 14.6. The van der Waals surface area contributed by atoms with Gasteiger partial charge < -0.3 is 14.5 Å². The lowest BCUT2D eigenvalue weighted by Gasteiger charge is -2.37. The van der Waals surface area contributed by atoms with E-state index in [0.29, 0.717) is 50.5 Å². The molecule has 2 heterocycles. The van der Waals surface area contributed by atoms with E-state index in [9.17, 15) is 14.0 Å². The first kappa shape index (κ1) is 24.9. The zero-order chi connectivity index (χ0) is 24.8. The molecule has 0 atom stereocenters. The van der Waals surface area contributed by atoms with Crippen molar-refractivity contribution in [3.05, 3.63) is 81.8 Å². The van der Waals surface area contributed by atoms with Crippen molar-refractivity contribution in [3.63, 3.8) is 0 Å². The van der Waals surface area contributed by atoms with Crippen molar-refractivity contribution in [1.29, 1.82) is 0 Å². The molecule has 1 fully saturated rings. The molecular formula is C27H30FN3O3S. The summed E-state index contributed by atoms with van der Waals surface area (Å²) in [6.45, 7) is 5.12. The van der Waals surface area contributed by atoms with Gasteiger partial charge in [0.25, 0.3) is 0 Å². The minimum Gasteiger partial charge on any atom is -0.496 e. The number of amides is 1. The number of Topliss-reactive ketones (excluding diaryl/α,β-unsaturated/α-hetero) is 1. The Balaban J connectivity index is 1.40. The second-order valence-electron chi connectivity index (χ2n) is 8.63. The van der Waals surface area contributed by atoms with E-state index in [1.54, 1.807) is 30.6 Å². The molecule has 1 amide bonds. The third-order valence-electron chi connectivity index (χ3n) is 6.23. The number of piperazine rings is 1. The van der Waals surface area contributed by atoms with E-state index in [0.717, 1.165) is 11.3 Å². The monoisotopic (exact) mass is 495 g/mol. The number of hydrogen-bond donors (Lipinski definition) is 0. The summed E-state index contributed by atoms with van der Waals surface area (Å²) in [4.78, 5) is 31.9. The Morgan fingerprint density at radius 2 is 1.80 bits per heavy atom. The highest BCUT2D eigenvalue weighted by atomic mass is 32.1. The molecule has 35 heavy (non-hydrogen) atoms. The minimum atomic E-state index is -0.406. The number of carbonyl (C=O) groups excluding carboxylic acids is 2. The number of rotatable bonds is 9. The van der Waals surface area contributed by atoms with Crippen LogP contribution in [0.4, 0.5) is 10.1 Å². The first-order valence-corrected chi connectivity index (χ1v) is 12.5. The summed E-state index contributed by atoms with van der Waals surface area (Å²) in [6, 6.07) is 16.6. The average molecular weight is 496 g/mol. The quantitative estimate of drug-likeness (QED) is 0.411. The van der Waals surface area contributed by atoms with Crippen LogP contribution in [-0.4, -0.2) is 61.3 Å². The summed E-state index contributed by atoms with van der Waals surface area (Å²) in [6.07, 6.45) is 0. The summed E-state index contributed by atoms with van der Waals surface area (Å²) in [5.41, 5.74) is 1.87. The Labute approximate surface area is 209 Å². The largest absolute Gasteiger partial charge is 0.496 e. The Bertz CT molecular complexity index is 1160. The minimum absolute atomic E-state index is 0.0588. The maximum Gasteiger partial charge on any atom is 0.236 e. The second kappa shape index (κ2) is 11.5. The highest BCUT2D eigenvalue weighted by Crippen LogP contribution is 2.24. The maximum atomic E-state index is 14.6. The number of para-hydroxylation sites is 1. The smallest absolute Gasteiger partial charge is 0.236 e. The van der Waals surface area contributed by atoms with Gasteiger partial charge in [0.15, 0.2) is 5.78 Å². The lowest BCUT2D eigenvalue weighted by atomic mass is 10.1. The zero-order valence-electron chi connectivity index (χ0n) is 20.1.